The molecule has 2 aromatic rings. The quantitative estimate of drug-likeness (QED) is 0.922. The Morgan fingerprint density at radius 3 is 2.68 bits per heavy atom. The van der Waals surface area contributed by atoms with Crippen molar-refractivity contribution in [2.75, 3.05) is 23.3 Å². The Bertz CT molecular complexity index is 669. The molecule has 0 unspecified atom stereocenters. The van der Waals surface area contributed by atoms with Gasteiger partial charge in [-0.3, -0.25) is 0 Å². The van der Waals surface area contributed by atoms with Gasteiger partial charge in [-0.2, -0.15) is 4.98 Å². The van der Waals surface area contributed by atoms with Crippen LogP contribution in [0, 0.1) is 0 Å². The first-order chi connectivity index (χ1) is 10.7. The van der Waals surface area contributed by atoms with Crippen LogP contribution in [-0.4, -0.2) is 29.0 Å². The lowest BCUT2D eigenvalue weighted by atomic mass is 10.1. The van der Waals surface area contributed by atoms with Gasteiger partial charge in [0.25, 0.3) is 0 Å². The largest absolute Gasteiger partial charge is 0.545 e. The average Bonchev–Trinajstić information content (AvgIpc) is 2.56. The summed E-state index contributed by atoms with van der Waals surface area (Å²) < 4.78 is 0. The fourth-order valence-corrected chi connectivity index (χ4v) is 2.57. The van der Waals surface area contributed by atoms with E-state index in [2.05, 4.69) is 20.2 Å². The van der Waals surface area contributed by atoms with Gasteiger partial charge in [-0.25, -0.2) is 4.98 Å². The molecule has 0 spiro atoms. The molecule has 0 saturated carbocycles. The maximum absolute atomic E-state index is 11.1. The van der Waals surface area contributed by atoms with E-state index in [4.69, 9.17) is 0 Å². The van der Waals surface area contributed by atoms with E-state index in [0.29, 0.717) is 17.5 Å². The lowest BCUT2D eigenvalue weighted by molar-refractivity contribution is -0.254. The van der Waals surface area contributed by atoms with Crippen molar-refractivity contribution in [3.8, 4) is 0 Å². The third-order valence-electron chi connectivity index (χ3n) is 3.69. The van der Waals surface area contributed by atoms with Gasteiger partial charge in [0.2, 0.25) is 5.95 Å². The molecule has 1 fully saturated rings. The van der Waals surface area contributed by atoms with Crippen LogP contribution in [0.15, 0.2) is 36.5 Å². The van der Waals surface area contributed by atoms with Crippen molar-refractivity contribution in [2.24, 2.45) is 0 Å². The summed E-state index contributed by atoms with van der Waals surface area (Å²) in [7, 11) is 0. The van der Waals surface area contributed by atoms with E-state index in [9.17, 15) is 9.90 Å². The number of hydrogen-bond acceptors (Lipinski definition) is 6. The number of benzene rings is 1. The summed E-state index contributed by atoms with van der Waals surface area (Å²) in [5.74, 6) is 0.0355. The van der Waals surface area contributed by atoms with E-state index in [1.165, 1.54) is 12.5 Å². The number of carboxylic acid groups (broad SMARTS) is 1. The summed E-state index contributed by atoms with van der Waals surface area (Å²) in [6, 6.07) is 8.34. The zero-order chi connectivity index (χ0) is 15.4. The Balaban J connectivity index is 1.82. The number of piperidine rings is 1. The van der Waals surface area contributed by atoms with Crippen LogP contribution in [0.1, 0.15) is 29.6 Å². The zero-order valence-electron chi connectivity index (χ0n) is 12.2. The first kappa shape index (κ1) is 14.3. The minimum atomic E-state index is -1.21. The number of para-hydroxylation sites is 1. The van der Waals surface area contributed by atoms with Crippen LogP contribution in [0.4, 0.5) is 17.5 Å². The summed E-state index contributed by atoms with van der Waals surface area (Å²) in [5.41, 5.74) is 0.575. The van der Waals surface area contributed by atoms with Crippen LogP contribution >= 0.6 is 0 Å². The molecular formula is C16H17N4O2-. The molecule has 2 heterocycles. The van der Waals surface area contributed by atoms with E-state index >= 15 is 0 Å². The van der Waals surface area contributed by atoms with Crippen molar-refractivity contribution in [3.63, 3.8) is 0 Å². The highest BCUT2D eigenvalue weighted by Gasteiger charge is 2.14. The number of nitrogens with one attached hydrogen (secondary N) is 1. The van der Waals surface area contributed by atoms with Crippen LogP contribution in [0.5, 0.6) is 0 Å². The van der Waals surface area contributed by atoms with Crippen LogP contribution < -0.4 is 15.3 Å². The minimum Gasteiger partial charge on any atom is -0.545 e. The second-order valence-electron chi connectivity index (χ2n) is 5.25. The van der Waals surface area contributed by atoms with Crippen LogP contribution in [-0.2, 0) is 0 Å². The molecule has 6 heteroatoms. The van der Waals surface area contributed by atoms with E-state index in [1.54, 1.807) is 30.5 Å². The molecule has 1 N–H and O–H groups in total. The van der Waals surface area contributed by atoms with Gasteiger partial charge in [0.15, 0.2) is 0 Å². The molecule has 1 aromatic carbocycles. The second kappa shape index (κ2) is 6.43. The SMILES string of the molecule is O=C([O-])c1ccccc1Nc1ccnc(N2CCCCC2)n1. The molecular weight excluding hydrogens is 280 g/mol. The highest BCUT2D eigenvalue weighted by molar-refractivity contribution is 5.93. The van der Waals surface area contributed by atoms with Crippen LogP contribution in [0.3, 0.4) is 0 Å². The van der Waals surface area contributed by atoms with Gasteiger partial charge < -0.3 is 20.1 Å². The highest BCUT2D eigenvalue weighted by Crippen LogP contribution is 2.21. The van der Waals surface area contributed by atoms with Crippen LogP contribution in [0.25, 0.3) is 0 Å². The number of aromatic carboxylic acids is 1. The van der Waals surface area contributed by atoms with E-state index in [1.807, 2.05) is 0 Å². The molecule has 0 atom stereocenters. The van der Waals surface area contributed by atoms with Crippen molar-refractivity contribution in [2.45, 2.75) is 19.3 Å². The lowest BCUT2D eigenvalue weighted by Crippen LogP contribution is -2.31. The zero-order valence-corrected chi connectivity index (χ0v) is 12.2. The van der Waals surface area contributed by atoms with Gasteiger partial charge in [0.1, 0.15) is 5.82 Å². The topological polar surface area (TPSA) is 81.2 Å². The average molecular weight is 297 g/mol. The van der Waals surface area contributed by atoms with Gasteiger partial charge in [-0.05, 0) is 31.4 Å². The highest BCUT2D eigenvalue weighted by atomic mass is 16.4. The Kier molecular flexibility index (Phi) is 4.18. The molecule has 1 aromatic heterocycles. The number of carbonyl (C=O) groups excluding carboxylic acids is 1. The third kappa shape index (κ3) is 3.16. The monoisotopic (exact) mass is 297 g/mol. The molecule has 114 valence electrons. The predicted molar refractivity (Wildman–Crippen MR) is 82.2 cm³/mol. The smallest absolute Gasteiger partial charge is 0.227 e. The summed E-state index contributed by atoms with van der Waals surface area (Å²) >= 11 is 0. The molecule has 1 aliphatic rings. The number of carboxylic acids is 1. The van der Waals surface area contributed by atoms with Crippen LogP contribution in [0.2, 0.25) is 0 Å². The predicted octanol–water partition coefficient (Wildman–Crippen LogP) is 1.57. The van der Waals surface area contributed by atoms with E-state index in [-0.39, 0.29) is 5.56 Å². The minimum absolute atomic E-state index is 0.112. The lowest BCUT2D eigenvalue weighted by Gasteiger charge is -2.26. The summed E-state index contributed by atoms with van der Waals surface area (Å²) in [5, 5.41) is 14.2. The number of anilines is 3. The van der Waals surface area contributed by atoms with Crippen molar-refractivity contribution in [1.82, 2.24) is 9.97 Å². The molecule has 0 bridgehead atoms. The van der Waals surface area contributed by atoms with Gasteiger partial charge in [-0.1, -0.05) is 18.2 Å². The number of aromatic nitrogens is 2. The molecule has 0 aliphatic carbocycles. The molecule has 6 nitrogen and oxygen atoms in total. The maximum Gasteiger partial charge on any atom is 0.227 e. The summed E-state index contributed by atoms with van der Waals surface area (Å²) in [6.07, 6.45) is 5.22. The standard InChI is InChI=1S/C16H18N4O2/c21-15(22)12-6-2-3-7-13(12)18-14-8-9-17-16(19-14)20-10-4-1-5-11-20/h2-3,6-9H,1,4-5,10-11H2,(H,21,22)(H,17,18,19)/p-1. The number of rotatable bonds is 4. The summed E-state index contributed by atoms with van der Waals surface area (Å²) in [4.78, 5) is 22.1. The molecule has 1 saturated heterocycles. The Morgan fingerprint density at radius 1 is 1.14 bits per heavy atom. The fourth-order valence-electron chi connectivity index (χ4n) is 2.57. The van der Waals surface area contributed by atoms with E-state index < -0.39 is 5.97 Å². The number of nitrogens with zero attached hydrogens (tertiary/aromatic N) is 3. The molecule has 0 amide bonds. The van der Waals surface area contributed by atoms with Crippen molar-refractivity contribution in [1.29, 1.82) is 0 Å². The van der Waals surface area contributed by atoms with Crippen molar-refractivity contribution >= 4 is 23.4 Å². The van der Waals surface area contributed by atoms with Gasteiger partial charge in [-0.15, -0.1) is 0 Å². The normalized spacial score (nSPS) is 14.6. The van der Waals surface area contributed by atoms with Gasteiger partial charge in [0, 0.05) is 30.5 Å². The van der Waals surface area contributed by atoms with Gasteiger partial charge >= 0.3 is 0 Å². The number of hydrogen-bond donors (Lipinski definition) is 1. The fraction of sp³-hybridized carbons (Fsp3) is 0.312. The van der Waals surface area contributed by atoms with Gasteiger partial charge in [0.05, 0.1) is 5.97 Å². The molecule has 1 aliphatic heterocycles. The molecule has 3 rings (SSSR count). The Hall–Kier alpha value is -2.63. The Labute approximate surface area is 128 Å². The Morgan fingerprint density at radius 2 is 1.91 bits per heavy atom. The first-order valence-corrected chi connectivity index (χ1v) is 7.39. The van der Waals surface area contributed by atoms with E-state index in [0.717, 1.165) is 25.9 Å². The molecule has 0 radical (unpaired) electrons. The maximum atomic E-state index is 11.1. The first-order valence-electron chi connectivity index (χ1n) is 7.39. The van der Waals surface area contributed by atoms with Crippen molar-refractivity contribution < 1.29 is 9.90 Å². The second-order valence-corrected chi connectivity index (χ2v) is 5.25. The van der Waals surface area contributed by atoms with Crippen molar-refractivity contribution in [3.05, 3.63) is 42.1 Å². The third-order valence-corrected chi connectivity index (χ3v) is 3.69. The number of carbonyl (C=O) groups is 1. The molecule has 22 heavy (non-hydrogen) atoms. The summed E-state index contributed by atoms with van der Waals surface area (Å²) in [6.45, 7) is 1.91.